The molecule has 224 valence electrons. The molecular weight excluding hydrogens is 566 g/mol. The summed E-state index contributed by atoms with van der Waals surface area (Å²) in [4.78, 5) is 16.0. The van der Waals surface area contributed by atoms with Gasteiger partial charge in [0.05, 0.1) is 38.7 Å². The van der Waals surface area contributed by atoms with Gasteiger partial charge in [-0.2, -0.15) is 5.10 Å². The van der Waals surface area contributed by atoms with E-state index in [4.69, 9.17) is 10.5 Å². The van der Waals surface area contributed by atoms with Crippen molar-refractivity contribution >= 4 is 38.0 Å². The Hall–Kier alpha value is -4.07. The number of nitrogens with zero attached hydrogens (tertiary/aromatic N) is 3. The van der Waals surface area contributed by atoms with Crippen molar-refractivity contribution in [1.82, 2.24) is 15.1 Å². The zero-order chi connectivity index (χ0) is 30.8. The van der Waals surface area contributed by atoms with Crippen LogP contribution in [0.1, 0.15) is 17.3 Å². The number of amides is 1. The van der Waals surface area contributed by atoms with E-state index in [2.05, 4.69) is 22.4 Å². The molecule has 0 bridgehead atoms. The van der Waals surface area contributed by atoms with Crippen molar-refractivity contribution in [3.63, 3.8) is 0 Å². The smallest absolute Gasteiger partial charge is 0.250 e. The van der Waals surface area contributed by atoms with Crippen molar-refractivity contribution in [3.05, 3.63) is 65.7 Å². The minimum absolute atomic E-state index is 0.0222. The van der Waals surface area contributed by atoms with Gasteiger partial charge < -0.3 is 25.6 Å². The van der Waals surface area contributed by atoms with Crippen LogP contribution in [0.5, 0.6) is 0 Å². The van der Waals surface area contributed by atoms with Crippen LogP contribution in [0.3, 0.4) is 0 Å². The lowest BCUT2D eigenvalue weighted by Gasteiger charge is -2.32. The quantitative estimate of drug-likeness (QED) is 0.209. The second kappa shape index (κ2) is 12.4. The third kappa shape index (κ3) is 6.22. The zero-order valence-corrected chi connectivity index (χ0v) is 24.9. The van der Waals surface area contributed by atoms with Gasteiger partial charge in [0.2, 0.25) is 9.84 Å². The normalized spacial score (nSPS) is 12.6. The Labute approximate surface area is 243 Å². The molecule has 4 rings (SSSR count). The Morgan fingerprint density at radius 1 is 1.07 bits per heavy atom. The number of benzene rings is 3. The van der Waals surface area contributed by atoms with E-state index in [0.717, 1.165) is 12.1 Å². The largest absolute Gasteiger partial charge is 0.383 e. The number of aromatic amines is 1. The van der Waals surface area contributed by atoms with Crippen LogP contribution >= 0.6 is 0 Å². The van der Waals surface area contributed by atoms with E-state index in [1.165, 1.54) is 18.2 Å². The van der Waals surface area contributed by atoms with E-state index in [9.17, 15) is 22.0 Å². The summed E-state index contributed by atoms with van der Waals surface area (Å²) in [5.74, 6) is -2.68. The Morgan fingerprint density at radius 2 is 1.76 bits per heavy atom. The first-order valence-corrected chi connectivity index (χ1v) is 14.6. The summed E-state index contributed by atoms with van der Waals surface area (Å²) < 4.78 is 59.9. The number of halogens is 2. The van der Waals surface area contributed by atoms with Gasteiger partial charge in [-0.15, -0.1) is 0 Å². The van der Waals surface area contributed by atoms with Crippen LogP contribution < -0.4 is 16.0 Å². The summed E-state index contributed by atoms with van der Waals surface area (Å²) in [7, 11) is 3.10. The highest BCUT2D eigenvalue weighted by molar-refractivity contribution is 7.91. The van der Waals surface area contributed by atoms with Gasteiger partial charge in [-0.1, -0.05) is 0 Å². The van der Waals surface area contributed by atoms with Gasteiger partial charge in [-0.25, -0.2) is 17.2 Å². The van der Waals surface area contributed by atoms with Gasteiger partial charge in [0.15, 0.2) is 0 Å². The van der Waals surface area contributed by atoms with E-state index in [-0.39, 0.29) is 16.5 Å². The number of sulfone groups is 1. The molecule has 0 aliphatic rings. The summed E-state index contributed by atoms with van der Waals surface area (Å²) >= 11 is 0. The number of hydrogen-bond donors (Lipinski definition) is 3. The van der Waals surface area contributed by atoms with Gasteiger partial charge in [0.1, 0.15) is 17.3 Å². The second-order valence-corrected chi connectivity index (χ2v) is 12.2. The average Bonchev–Trinajstić information content (AvgIpc) is 3.34. The number of carbonyl (C=O) groups is 1. The summed E-state index contributed by atoms with van der Waals surface area (Å²) in [6, 6.07) is 9.85. The first-order valence-electron chi connectivity index (χ1n) is 13.1. The SMILES string of the molecule is COCCNc1c(C(N)=O)ccc(N(C)C(C)CN(C)C)c1-c1n[nH]c2ccc(S(=O)(=O)c3cc(F)cc(F)c3)cc12. The molecule has 1 unspecified atom stereocenters. The van der Waals surface area contributed by atoms with Crippen LogP contribution in [0.25, 0.3) is 22.2 Å². The van der Waals surface area contributed by atoms with E-state index in [1.54, 1.807) is 19.2 Å². The fourth-order valence-electron chi connectivity index (χ4n) is 4.85. The highest BCUT2D eigenvalue weighted by Crippen LogP contribution is 2.42. The van der Waals surface area contributed by atoms with Gasteiger partial charge in [-0.3, -0.25) is 9.89 Å². The van der Waals surface area contributed by atoms with Gasteiger partial charge >= 0.3 is 0 Å². The Morgan fingerprint density at radius 3 is 2.38 bits per heavy atom. The van der Waals surface area contributed by atoms with Crippen LogP contribution in [0.15, 0.2) is 58.3 Å². The number of methoxy groups -OCH3 is 1. The number of rotatable bonds is 12. The fourth-order valence-corrected chi connectivity index (χ4v) is 6.18. The van der Waals surface area contributed by atoms with E-state index < -0.39 is 32.3 Å². The predicted molar refractivity (Wildman–Crippen MR) is 159 cm³/mol. The molecule has 1 amide bonds. The van der Waals surface area contributed by atoms with Crippen LogP contribution in [0.4, 0.5) is 20.2 Å². The molecule has 4 aromatic rings. The first-order chi connectivity index (χ1) is 19.8. The van der Waals surface area contributed by atoms with Crippen molar-refractivity contribution in [2.75, 3.05) is 58.2 Å². The van der Waals surface area contributed by atoms with Crippen LogP contribution in [-0.4, -0.2) is 83.4 Å². The molecule has 0 saturated heterocycles. The van der Waals surface area contributed by atoms with Crippen LogP contribution in [0.2, 0.25) is 0 Å². The molecule has 1 atom stereocenters. The molecule has 10 nitrogen and oxygen atoms in total. The number of H-pyrrole nitrogens is 1. The van der Waals surface area contributed by atoms with Crippen molar-refractivity contribution in [3.8, 4) is 11.3 Å². The molecule has 1 aromatic heterocycles. The number of ether oxygens (including phenoxy) is 1. The molecule has 0 aliphatic carbocycles. The maximum absolute atomic E-state index is 13.9. The molecule has 0 spiro atoms. The molecule has 1 heterocycles. The summed E-state index contributed by atoms with van der Waals surface area (Å²) in [6.07, 6.45) is 0. The lowest BCUT2D eigenvalue weighted by molar-refractivity contribution is 0.100. The molecule has 3 aromatic carbocycles. The number of aromatic nitrogens is 2. The summed E-state index contributed by atoms with van der Waals surface area (Å²) in [5.41, 5.74) is 8.50. The molecule has 0 fully saturated rings. The summed E-state index contributed by atoms with van der Waals surface area (Å²) in [6.45, 7) is 3.45. The number of fused-ring (bicyclic) bond motifs is 1. The van der Waals surface area contributed by atoms with Gasteiger partial charge in [0.25, 0.3) is 5.91 Å². The Balaban J connectivity index is 1.99. The third-order valence-corrected chi connectivity index (χ3v) is 8.69. The van der Waals surface area contributed by atoms with Crippen LogP contribution in [-0.2, 0) is 14.6 Å². The predicted octanol–water partition coefficient (Wildman–Crippen LogP) is 3.88. The first kappa shape index (κ1) is 30.9. The maximum Gasteiger partial charge on any atom is 0.250 e. The molecule has 13 heteroatoms. The standard InChI is InChI=1S/C29H34F2N6O4S/c1-17(16-36(2)3)37(4)25-9-7-22(29(32)38)27(33-10-11-41-5)26(25)28-23-15-20(6-8-24(23)34-35-28)42(39,40)21-13-18(30)12-19(31)14-21/h6-9,12-15,17,33H,10-11,16H2,1-5H3,(H2,32,38)(H,34,35). The Bertz CT molecular complexity index is 1700. The van der Waals surface area contributed by atoms with Crippen molar-refractivity contribution in [1.29, 1.82) is 0 Å². The molecule has 4 N–H and O–H groups in total. The molecule has 42 heavy (non-hydrogen) atoms. The molecular formula is C29H34F2N6O4S. The number of likely N-dealkylation sites (N-methyl/N-ethyl adjacent to an activating group) is 2. The highest BCUT2D eigenvalue weighted by atomic mass is 32.2. The monoisotopic (exact) mass is 600 g/mol. The molecule has 0 radical (unpaired) electrons. The third-order valence-electron chi connectivity index (χ3n) is 6.96. The average molecular weight is 601 g/mol. The number of primary amides is 1. The maximum atomic E-state index is 13.9. The topological polar surface area (TPSA) is 134 Å². The molecule has 0 saturated carbocycles. The number of anilines is 2. The van der Waals surface area contributed by atoms with Crippen molar-refractivity contribution in [2.24, 2.45) is 5.73 Å². The summed E-state index contributed by atoms with van der Waals surface area (Å²) in [5, 5.41) is 11.1. The number of nitrogens with two attached hydrogens (primary N) is 1. The fraction of sp³-hybridized carbons (Fsp3) is 0.310. The number of hydrogen-bond acceptors (Lipinski definition) is 8. The molecule has 0 aliphatic heterocycles. The Kier molecular flexibility index (Phi) is 9.14. The van der Waals surface area contributed by atoms with Gasteiger partial charge in [0, 0.05) is 50.4 Å². The number of carbonyl (C=O) groups excluding carboxylic acids is 1. The number of nitrogens with one attached hydrogen (secondary N) is 2. The van der Waals surface area contributed by atoms with Crippen LogP contribution in [0, 0.1) is 11.6 Å². The van der Waals surface area contributed by atoms with Crippen molar-refractivity contribution < 1.29 is 26.7 Å². The van der Waals surface area contributed by atoms with E-state index >= 15 is 0 Å². The van der Waals surface area contributed by atoms with E-state index in [0.29, 0.717) is 59.3 Å². The lowest BCUT2D eigenvalue weighted by Crippen LogP contribution is -2.38. The second-order valence-electron chi connectivity index (χ2n) is 10.3. The zero-order valence-electron chi connectivity index (χ0n) is 24.0. The van der Waals surface area contributed by atoms with Crippen molar-refractivity contribution in [2.45, 2.75) is 22.8 Å². The lowest BCUT2D eigenvalue weighted by atomic mass is 9.97. The van der Waals surface area contributed by atoms with Gasteiger partial charge in [-0.05, 0) is 63.5 Å². The highest BCUT2D eigenvalue weighted by Gasteiger charge is 2.27. The minimum atomic E-state index is -4.30. The minimum Gasteiger partial charge on any atom is -0.383 e. The van der Waals surface area contributed by atoms with E-state index in [1.807, 2.05) is 30.9 Å².